The van der Waals surface area contributed by atoms with Crippen LogP contribution in [0.1, 0.15) is 80.1 Å². The second-order valence-corrected chi connectivity index (χ2v) is 11.1. The van der Waals surface area contributed by atoms with E-state index in [-0.39, 0.29) is 24.3 Å². The molecule has 4 heteroatoms. The van der Waals surface area contributed by atoms with E-state index < -0.39 is 5.41 Å². The molecule has 2 aliphatic rings. The zero-order chi connectivity index (χ0) is 22.0. The highest BCUT2D eigenvalue weighted by Crippen LogP contribution is 2.59. The van der Waals surface area contributed by atoms with Gasteiger partial charge in [0, 0.05) is 12.3 Å². The third-order valence-corrected chi connectivity index (χ3v) is 8.07. The van der Waals surface area contributed by atoms with Crippen LogP contribution < -0.4 is 0 Å². The molecule has 2 rings (SSSR count). The lowest BCUT2D eigenvalue weighted by Crippen LogP contribution is -2.36. The lowest BCUT2D eigenvalue weighted by molar-refractivity contribution is -0.152. The Hall–Kier alpha value is -0.900. The minimum Gasteiger partial charge on any atom is -0.461 e. The van der Waals surface area contributed by atoms with Crippen LogP contribution in [0.2, 0.25) is 0 Å². The molecule has 0 aromatic rings. The summed E-state index contributed by atoms with van der Waals surface area (Å²) in [6.07, 6.45) is 6.73. The highest BCUT2D eigenvalue weighted by molar-refractivity contribution is 9.11. The van der Waals surface area contributed by atoms with Gasteiger partial charge in [-0.2, -0.15) is 0 Å². The Morgan fingerprint density at radius 2 is 1.97 bits per heavy atom. The zero-order valence-corrected chi connectivity index (χ0v) is 20.7. The number of Topliss-reactive ketones (excluding diaryl/α,β-unsaturated/α-hetero) is 1. The number of hydrogen-bond donors (Lipinski definition) is 0. The number of hydrogen-bond acceptors (Lipinski definition) is 3. The number of esters is 1. The van der Waals surface area contributed by atoms with Gasteiger partial charge in [-0.05, 0) is 86.6 Å². The van der Waals surface area contributed by atoms with Crippen LogP contribution in [0.25, 0.3) is 0 Å². The molecule has 3 nitrogen and oxygen atoms in total. The largest absolute Gasteiger partial charge is 0.461 e. The average molecular weight is 467 g/mol. The molecule has 2 saturated carbocycles. The molecule has 0 radical (unpaired) electrons. The van der Waals surface area contributed by atoms with E-state index in [4.69, 9.17) is 4.74 Å². The SMILES string of the molecule is C=C(COC(=O)C(C)(C)C)[C@H](C)C(=O)C[C@@H](C)[C@H]1CC[C@H]2/C(=C/Br)CCC[C@]12C. The minimum absolute atomic E-state index is 0.125. The third kappa shape index (κ3) is 5.42. The highest BCUT2D eigenvalue weighted by atomic mass is 79.9. The topological polar surface area (TPSA) is 43.4 Å². The standard InChI is InChI=1S/C25H39BrO3/c1-16(20-10-11-21-19(14-26)9-8-12-25(20,21)7)13-22(27)18(3)17(2)15-29-23(28)24(4,5)6/h14,16,18,20-21H,2,8-13,15H2,1,3-7H3/b19-14+/t16-,18+,20-,21+,25-/m1/s1. The fourth-order valence-electron chi connectivity index (χ4n) is 5.51. The fraction of sp³-hybridized carbons (Fsp3) is 0.760. The molecule has 2 fully saturated rings. The summed E-state index contributed by atoms with van der Waals surface area (Å²) in [5, 5.41) is 0. The van der Waals surface area contributed by atoms with Crippen LogP contribution in [0.3, 0.4) is 0 Å². The molecule has 0 heterocycles. The first-order valence-electron chi connectivity index (χ1n) is 11.1. The summed E-state index contributed by atoms with van der Waals surface area (Å²) in [6, 6.07) is 0. The molecule has 29 heavy (non-hydrogen) atoms. The molecule has 0 N–H and O–H groups in total. The number of allylic oxidation sites excluding steroid dienone is 1. The number of carbonyl (C=O) groups excluding carboxylic acids is 2. The summed E-state index contributed by atoms with van der Waals surface area (Å²) < 4.78 is 5.35. The maximum absolute atomic E-state index is 13.0. The second-order valence-electron chi connectivity index (χ2n) is 10.6. The summed E-state index contributed by atoms with van der Waals surface area (Å²) in [4.78, 5) is 27.1. The van der Waals surface area contributed by atoms with E-state index in [0.29, 0.717) is 35.2 Å². The zero-order valence-electron chi connectivity index (χ0n) is 19.1. The van der Waals surface area contributed by atoms with Crippen LogP contribution in [0, 0.1) is 34.5 Å². The lowest BCUT2D eigenvalue weighted by atomic mass is 9.61. The number of fused-ring (bicyclic) bond motifs is 1. The summed E-state index contributed by atoms with van der Waals surface area (Å²) in [5.41, 5.74) is 2.01. The maximum atomic E-state index is 13.0. The van der Waals surface area contributed by atoms with Crippen molar-refractivity contribution in [3.8, 4) is 0 Å². The predicted molar refractivity (Wildman–Crippen MR) is 123 cm³/mol. The van der Waals surface area contributed by atoms with Gasteiger partial charge in [0.15, 0.2) is 0 Å². The van der Waals surface area contributed by atoms with Gasteiger partial charge in [-0.1, -0.05) is 48.9 Å². The van der Waals surface area contributed by atoms with E-state index in [0.717, 1.165) is 0 Å². The van der Waals surface area contributed by atoms with E-state index in [1.54, 1.807) is 5.57 Å². The monoisotopic (exact) mass is 466 g/mol. The van der Waals surface area contributed by atoms with Gasteiger partial charge in [-0.3, -0.25) is 9.59 Å². The van der Waals surface area contributed by atoms with Crippen LogP contribution in [-0.2, 0) is 14.3 Å². The fourth-order valence-corrected chi connectivity index (χ4v) is 6.06. The van der Waals surface area contributed by atoms with Crippen molar-refractivity contribution in [1.82, 2.24) is 0 Å². The van der Waals surface area contributed by atoms with Crippen LogP contribution >= 0.6 is 15.9 Å². The van der Waals surface area contributed by atoms with Gasteiger partial charge in [-0.15, -0.1) is 0 Å². The number of ketones is 1. The van der Waals surface area contributed by atoms with Crippen molar-refractivity contribution >= 4 is 27.7 Å². The van der Waals surface area contributed by atoms with Crippen molar-refractivity contribution in [2.75, 3.05) is 6.61 Å². The van der Waals surface area contributed by atoms with E-state index in [1.165, 1.54) is 32.1 Å². The first-order valence-corrected chi connectivity index (χ1v) is 12.0. The molecule has 0 aliphatic heterocycles. The maximum Gasteiger partial charge on any atom is 0.311 e. The summed E-state index contributed by atoms with van der Waals surface area (Å²) >= 11 is 3.58. The molecule has 0 spiro atoms. The van der Waals surface area contributed by atoms with Gasteiger partial charge in [0.2, 0.25) is 0 Å². The van der Waals surface area contributed by atoms with Gasteiger partial charge in [-0.25, -0.2) is 0 Å². The molecule has 0 saturated heterocycles. The van der Waals surface area contributed by atoms with Gasteiger partial charge >= 0.3 is 5.97 Å². The Kier molecular flexibility index (Phi) is 7.98. The van der Waals surface area contributed by atoms with Crippen molar-refractivity contribution in [3.05, 3.63) is 22.7 Å². The molecule has 0 unspecified atom stereocenters. The van der Waals surface area contributed by atoms with Crippen molar-refractivity contribution < 1.29 is 14.3 Å². The molecule has 0 bridgehead atoms. The van der Waals surface area contributed by atoms with Gasteiger partial charge in [0.1, 0.15) is 12.4 Å². The quantitative estimate of drug-likeness (QED) is 0.304. The second kappa shape index (κ2) is 9.49. The van der Waals surface area contributed by atoms with E-state index >= 15 is 0 Å². The normalized spacial score (nSPS) is 30.5. The van der Waals surface area contributed by atoms with Crippen molar-refractivity contribution in [1.29, 1.82) is 0 Å². The first-order chi connectivity index (χ1) is 13.4. The lowest BCUT2D eigenvalue weighted by Gasteiger charge is -2.44. The molecule has 0 aromatic heterocycles. The molecule has 0 aromatic carbocycles. The summed E-state index contributed by atoms with van der Waals surface area (Å²) in [7, 11) is 0. The van der Waals surface area contributed by atoms with Gasteiger partial charge < -0.3 is 4.74 Å². The van der Waals surface area contributed by atoms with Crippen molar-refractivity contribution in [2.45, 2.75) is 80.1 Å². The number of carbonyl (C=O) groups is 2. The summed E-state index contributed by atoms with van der Waals surface area (Å²) in [6.45, 7) is 16.2. The molecule has 5 atom stereocenters. The Morgan fingerprint density at radius 3 is 2.55 bits per heavy atom. The molecule has 0 amide bonds. The molecule has 2 aliphatic carbocycles. The minimum atomic E-state index is -0.543. The number of ether oxygens (including phenoxy) is 1. The van der Waals surface area contributed by atoms with E-state index in [1.807, 2.05) is 27.7 Å². The average Bonchev–Trinajstić information content (AvgIpc) is 3.01. The third-order valence-electron chi connectivity index (χ3n) is 7.48. The smallest absolute Gasteiger partial charge is 0.311 e. The Balaban J connectivity index is 1.94. The van der Waals surface area contributed by atoms with Crippen LogP contribution in [0.5, 0.6) is 0 Å². The Bertz CT molecular complexity index is 672. The van der Waals surface area contributed by atoms with Crippen LogP contribution in [0.4, 0.5) is 0 Å². The number of rotatable bonds is 7. The predicted octanol–water partition coefficient (Wildman–Crippen LogP) is 6.86. The molecular formula is C25H39BrO3. The van der Waals surface area contributed by atoms with Crippen molar-refractivity contribution in [2.24, 2.45) is 34.5 Å². The Morgan fingerprint density at radius 1 is 1.31 bits per heavy atom. The first kappa shape index (κ1) is 24.4. The van der Waals surface area contributed by atoms with E-state index in [2.05, 4.69) is 41.3 Å². The van der Waals surface area contributed by atoms with Crippen molar-refractivity contribution in [3.63, 3.8) is 0 Å². The van der Waals surface area contributed by atoms with Gasteiger partial charge in [0.05, 0.1) is 5.41 Å². The van der Waals surface area contributed by atoms with Crippen LogP contribution in [0.15, 0.2) is 22.7 Å². The number of halogens is 1. The van der Waals surface area contributed by atoms with Gasteiger partial charge in [0.25, 0.3) is 0 Å². The van der Waals surface area contributed by atoms with E-state index in [9.17, 15) is 9.59 Å². The summed E-state index contributed by atoms with van der Waals surface area (Å²) in [5.74, 6) is 1.28. The Labute approximate surface area is 185 Å². The highest BCUT2D eigenvalue weighted by Gasteiger charge is 2.50. The van der Waals surface area contributed by atoms with Crippen LogP contribution in [-0.4, -0.2) is 18.4 Å². The molecular weight excluding hydrogens is 428 g/mol. The molecule has 164 valence electrons.